The lowest BCUT2D eigenvalue weighted by Gasteiger charge is -2.43. The molecule has 1 amide bonds. The van der Waals surface area contributed by atoms with Crippen LogP contribution in [0.5, 0.6) is 0 Å². The quantitative estimate of drug-likeness (QED) is 0.832. The van der Waals surface area contributed by atoms with Crippen LogP contribution < -0.4 is 5.32 Å². The molecule has 1 aliphatic carbocycles. The van der Waals surface area contributed by atoms with Crippen LogP contribution in [0, 0.1) is 5.92 Å². The predicted octanol–water partition coefficient (Wildman–Crippen LogP) is 1.36. The summed E-state index contributed by atoms with van der Waals surface area (Å²) in [5.41, 5.74) is 0. The number of ketones is 1. The van der Waals surface area contributed by atoms with Crippen molar-refractivity contribution in [3.8, 4) is 0 Å². The van der Waals surface area contributed by atoms with Gasteiger partial charge in [-0.2, -0.15) is 0 Å². The topological polar surface area (TPSA) is 58.6 Å². The molecular weight excluding hydrogens is 268 g/mol. The van der Waals surface area contributed by atoms with Crippen LogP contribution in [0.3, 0.4) is 0 Å². The van der Waals surface area contributed by atoms with E-state index in [0.717, 1.165) is 19.4 Å². The van der Waals surface area contributed by atoms with Crippen LogP contribution in [0.15, 0.2) is 0 Å². The molecule has 0 spiro atoms. The van der Waals surface area contributed by atoms with E-state index in [9.17, 15) is 9.59 Å². The van der Waals surface area contributed by atoms with Crippen molar-refractivity contribution in [1.82, 2.24) is 10.2 Å². The van der Waals surface area contributed by atoms with Crippen molar-refractivity contribution in [2.24, 2.45) is 5.92 Å². The lowest BCUT2D eigenvalue weighted by molar-refractivity contribution is -0.133. The standard InChI is InChI=1S/C16H28N2O3/c1-11(2)16(12(3)19)17-15(20)10-18-8-9-21-14-7-5-4-6-13(14)18/h11,13-14,16H,4-10H2,1-3H3,(H,17,20). The first-order valence-electron chi connectivity index (χ1n) is 8.14. The highest BCUT2D eigenvalue weighted by molar-refractivity contribution is 5.88. The summed E-state index contributed by atoms with van der Waals surface area (Å²) in [5.74, 6) is 0.101. The van der Waals surface area contributed by atoms with Crippen LogP contribution in [0.2, 0.25) is 0 Å². The second kappa shape index (κ2) is 7.36. The zero-order chi connectivity index (χ0) is 15.4. The largest absolute Gasteiger partial charge is 0.375 e. The van der Waals surface area contributed by atoms with E-state index in [1.165, 1.54) is 19.8 Å². The highest BCUT2D eigenvalue weighted by Gasteiger charge is 2.35. The summed E-state index contributed by atoms with van der Waals surface area (Å²) in [6, 6.07) is -0.00577. The molecule has 3 unspecified atom stereocenters. The molecule has 2 rings (SSSR count). The summed E-state index contributed by atoms with van der Waals surface area (Å²) in [5, 5.41) is 2.89. The van der Waals surface area contributed by atoms with Crippen LogP contribution in [0.1, 0.15) is 46.5 Å². The van der Waals surface area contributed by atoms with Gasteiger partial charge in [0, 0.05) is 12.6 Å². The van der Waals surface area contributed by atoms with Gasteiger partial charge in [0.05, 0.1) is 25.3 Å². The maximum Gasteiger partial charge on any atom is 0.234 e. The van der Waals surface area contributed by atoms with Crippen molar-refractivity contribution in [2.75, 3.05) is 19.7 Å². The molecule has 5 nitrogen and oxygen atoms in total. The Morgan fingerprint density at radius 3 is 2.67 bits per heavy atom. The van der Waals surface area contributed by atoms with E-state index in [2.05, 4.69) is 10.2 Å². The Balaban J connectivity index is 1.90. The lowest BCUT2D eigenvalue weighted by atomic mass is 9.90. The average Bonchev–Trinajstić information content (AvgIpc) is 2.44. The van der Waals surface area contributed by atoms with Gasteiger partial charge < -0.3 is 10.1 Å². The first kappa shape index (κ1) is 16.4. The van der Waals surface area contributed by atoms with Crippen LogP contribution in [-0.4, -0.2) is 54.5 Å². The number of carbonyl (C=O) groups excluding carboxylic acids is 2. The SMILES string of the molecule is CC(=O)C(NC(=O)CN1CCOC2CCCCC21)C(C)C. The smallest absolute Gasteiger partial charge is 0.234 e. The number of Topliss-reactive ketones (excluding diaryl/α,β-unsaturated/α-hetero) is 1. The second-order valence-corrected chi connectivity index (χ2v) is 6.63. The summed E-state index contributed by atoms with van der Waals surface area (Å²) >= 11 is 0. The number of amides is 1. The molecule has 21 heavy (non-hydrogen) atoms. The van der Waals surface area contributed by atoms with Gasteiger partial charge in [0.1, 0.15) is 0 Å². The Morgan fingerprint density at radius 1 is 1.29 bits per heavy atom. The van der Waals surface area contributed by atoms with Gasteiger partial charge in [-0.15, -0.1) is 0 Å². The number of morpholine rings is 1. The second-order valence-electron chi connectivity index (χ2n) is 6.63. The Bertz CT molecular complexity index is 382. The van der Waals surface area contributed by atoms with Crippen LogP contribution in [-0.2, 0) is 14.3 Å². The van der Waals surface area contributed by atoms with E-state index in [4.69, 9.17) is 4.74 Å². The van der Waals surface area contributed by atoms with E-state index in [-0.39, 0.29) is 29.8 Å². The first-order valence-corrected chi connectivity index (χ1v) is 8.14. The number of nitrogens with zero attached hydrogens (tertiary/aromatic N) is 1. The van der Waals surface area contributed by atoms with E-state index in [1.54, 1.807) is 0 Å². The molecule has 120 valence electrons. The molecule has 1 aliphatic heterocycles. The fraction of sp³-hybridized carbons (Fsp3) is 0.875. The molecule has 3 atom stereocenters. The van der Waals surface area contributed by atoms with Crippen molar-refractivity contribution < 1.29 is 14.3 Å². The average molecular weight is 296 g/mol. The minimum absolute atomic E-state index is 0.0240. The van der Waals surface area contributed by atoms with Gasteiger partial charge in [0.2, 0.25) is 5.91 Å². The van der Waals surface area contributed by atoms with Crippen molar-refractivity contribution in [3.63, 3.8) is 0 Å². The van der Waals surface area contributed by atoms with E-state index < -0.39 is 0 Å². The van der Waals surface area contributed by atoms with E-state index in [0.29, 0.717) is 19.2 Å². The third kappa shape index (κ3) is 4.27. The highest BCUT2D eigenvalue weighted by Crippen LogP contribution is 2.28. The molecule has 0 bridgehead atoms. The zero-order valence-corrected chi connectivity index (χ0v) is 13.4. The first-order chi connectivity index (χ1) is 9.99. The molecule has 0 aromatic heterocycles. The number of ether oxygens (including phenoxy) is 1. The Labute approximate surface area is 127 Å². The van der Waals surface area contributed by atoms with Crippen molar-refractivity contribution >= 4 is 11.7 Å². The molecule has 0 aromatic carbocycles. The van der Waals surface area contributed by atoms with Gasteiger partial charge in [0.15, 0.2) is 5.78 Å². The van der Waals surface area contributed by atoms with Crippen LogP contribution >= 0.6 is 0 Å². The maximum absolute atomic E-state index is 12.3. The predicted molar refractivity (Wildman–Crippen MR) is 81.0 cm³/mol. The monoisotopic (exact) mass is 296 g/mol. The normalized spacial score (nSPS) is 28.0. The number of hydrogen-bond acceptors (Lipinski definition) is 4. The van der Waals surface area contributed by atoms with Crippen molar-refractivity contribution in [1.29, 1.82) is 0 Å². The van der Waals surface area contributed by atoms with Gasteiger partial charge in [0.25, 0.3) is 0 Å². The molecule has 0 aromatic rings. The minimum Gasteiger partial charge on any atom is -0.375 e. The van der Waals surface area contributed by atoms with Crippen LogP contribution in [0.25, 0.3) is 0 Å². The molecule has 1 saturated carbocycles. The molecular formula is C16H28N2O3. The number of nitrogens with one attached hydrogen (secondary N) is 1. The summed E-state index contributed by atoms with van der Waals surface area (Å²) < 4.78 is 5.82. The van der Waals surface area contributed by atoms with Gasteiger partial charge in [-0.25, -0.2) is 0 Å². The van der Waals surface area contributed by atoms with Crippen molar-refractivity contribution in [2.45, 2.75) is 64.6 Å². The number of hydrogen-bond donors (Lipinski definition) is 1. The van der Waals surface area contributed by atoms with Gasteiger partial charge in [-0.1, -0.05) is 26.7 Å². The summed E-state index contributed by atoms with van der Waals surface area (Å²) in [4.78, 5) is 26.1. The summed E-state index contributed by atoms with van der Waals surface area (Å²) in [6.45, 7) is 7.34. The molecule has 2 aliphatic rings. The molecule has 2 fully saturated rings. The van der Waals surface area contributed by atoms with E-state index >= 15 is 0 Å². The van der Waals surface area contributed by atoms with Gasteiger partial charge in [-0.05, 0) is 25.7 Å². The Kier molecular flexibility index (Phi) is 5.76. The fourth-order valence-corrected chi connectivity index (χ4v) is 3.51. The number of rotatable bonds is 5. The molecule has 1 N–H and O–H groups in total. The summed E-state index contributed by atoms with van der Waals surface area (Å²) in [6.07, 6.45) is 4.93. The molecule has 1 heterocycles. The Morgan fingerprint density at radius 2 is 2.00 bits per heavy atom. The lowest BCUT2D eigenvalue weighted by Crippen LogP contribution is -2.56. The maximum atomic E-state index is 12.3. The van der Waals surface area contributed by atoms with Gasteiger partial charge in [-0.3, -0.25) is 14.5 Å². The fourth-order valence-electron chi connectivity index (χ4n) is 3.51. The third-order valence-electron chi connectivity index (χ3n) is 4.61. The van der Waals surface area contributed by atoms with Crippen LogP contribution in [0.4, 0.5) is 0 Å². The molecule has 1 saturated heterocycles. The minimum atomic E-state index is -0.374. The van der Waals surface area contributed by atoms with Gasteiger partial charge >= 0.3 is 0 Å². The molecule has 0 radical (unpaired) electrons. The number of carbonyl (C=O) groups is 2. The molecule has 5 heteroatoms. The zero-order valence-electron chi connectivity index (χ0n) is 13.4. The van der Waals surface area contributed by atoms with Crippen molar-refractivity contribution in [3.05, 3.63) is 0 Å². The number of fused-ring (bicyclic) bond motifs is 1. The van der Waals surface area contributed by atoms with E-state index in [1.807, 2.05) is 13.8 Å². The highest BCUT2D eigenvalue weighted by atomic mass is 16.5. The summed E-state index contributed by atoms with van der Waals surface area (Å²) in [7, 11) is 0. The third-order valence-corrected chi connectivity index (χ3v) is 4.61. The Hall–Kier alpha value is -0.940.